The predicted octanol–water partition coefficient (Wildman–Crippen LogP) is 6.06. The number of β-lactam (4-membered cyclic amide) rings is 1. The Morgan fingerprint density at radius 2 is 1.66 bits per heavy atom. The molecule has 3 N–H and O–H groups in total. The molecule has 2 atom stereocenters. The van der Waals surface area contributed by atoms with Crippen LogP contribution in [0.2, 0.25) is 0 Å². The Bertz CT molecular complexity index is 2420. The Morgan fingerprint density at radius 1 is 1.02 bits per heavy atom. The van der Waals surface area contributed by atoms with Gasteiger partial charge < -0.3 is 20.6 Å². The molecular formula is C39H31FN8O5S3. The summed E-state index contributed by atoms with van der Waals surface area (Å²) < 4.78 is 19.6. The number of amides is 2. The van der Waals surface area contributed by atoms with Crippen LogP contribution in [0.4, 0.5) is 9.52 Å². The minimum atomic E-state index is -1.33. The van der Waals surface area contributed by atoms with Crippen LogP contribution in [0.3, 0.4) is 0 Å². The maximum absolute atomic E-state index is 13.8. The van der Waals surface area contributed by atoms with Crippen molar-refractivity contribution >= 4 is 74.2 Å². The summed E-state index contributed by atoms with van der Waals surface area (Å²) in [4.78, 5) is 56.3. The number of hydrogen-bond donors (Lipinski definition) is 3. The lowest BCUT2D eigenvalue weighted by Gasteiger charge is -2.49. The number of aliphatic carboxylic acids is 1. The highest BCUT2D eigenvalue weighted by Gasteiger charge is 2.54. The number of oxime groups is 1. The minimum absolute atomic E-state index is 0.159. The van der Waals surface area contributed by atoms with Crippen molar-refractivity contribution in [1.82, 2.24) is 29.0 Å². The number of carboxylic acids is 1. The molecule has 0 unspecified atom stereocenters. The maximum Gasteiger partial charge on any atom is 0.352 e. The molecule has 0 saturated carbocycles. The van der Waals surface area contributed by atoms with E-state index in [9.17, 15) is 23.9 Å². The average Bonchev–Trinajstić information content (AvgIpc) is 3.97. The quantitative estimate of drug-likeness (QED) is 0.0542. The number of carboxylic acid groups (broad SMARTS) is 1. The number of carbonyl (C=O) groups excluding carboxylic acids is 2. The van der Waals surface area contributed by atoms with Gasteiger partial charge in [-0.1, -0.05) is 102 Å². The molecule has 17 heteroatoms. The van der Waals surface area contributed by atoms with Crippen molar-refractivity contribution in [2.24, 2.45) is 5.16 Å². The van der Waals surface area contributed by atoms with E-state index in [1.807, 2.05) is 108 Å². The maximum atomic E-state index is 13.8. The van der Waals surface area contributed by atoms with Gasteiger partial charge in [0.05, 0.1) is 6.20 Å². The van der Waals surface area contributed by atoms with Gasteiger partial charge in [-0.15, -0.1) is 23.1 Å². The number of hydrogen-bond acceptors (Lipinski definition) is 12. The number of carbonyl (C=O) groups is 3. The second kappa shape index (κ2) is 15.5. The molecule has 2 aliphatic rings. The molecule has 0 radical (unpaired) electrons. The summed E-state index contributed by atoms with van der Waals surface area (Å²) in [6.07, 6.45) is 7.00. The summed E-state index contributed by atoms with van der Waals surface area (Å²) in [5, 5.41) is 19.7. The Hall–Kier alpha value is -6.17. The van der Waals surface area contributed by atoms with E-state index in [2.05, 4.69) is 35.0 Å². The largest absolute Gasteiger partial charge is 0.477 e. The Kier molecular flexibility index (Phi) is 10.2. The number of aromatic nitrogens is 4. The molecule has 13 nitrogen and oxygen atoms in total. The Labute approximate surface area is 331 Å². The lowest BCUT2D eigenvalue weighted by Crippen LogP contribution is -2.71. The second-order valence-electron chi connectivity index (χ2n) is 12.6. The highest BCUT2D eigenvalue weighted by molar-refractivity contribution is 8.00. The number of nitrogens with one attached hydrogen (secondary N) is 2. The van der Waals surface area contributed by atoms with E-state index in [1.165, 1.54) is 28.0 Å². The van der Waals surface area contributed by atoms with Crippen LogP contribution in [-0.2, 0) is 24.8 Å². The molecule has 5 heterocycles. The monoisotopic (exact) mass is 806 g/mol. The average molecular weight is 807 g/mol. The van der Waals surface area contributed by atoms with Crippen LogP contribution in [0.25, 0.3) is 10.9 Å². The zero-order chi connectivity index (χ0) is 38.8. The van der Waals surface area contributed by atoms with Crippen LogP contribution in [0, 0.1) is 6.92 Å². The molecule has 3 aromatic heterocycles. The predicted molar refractivity (Wildman–Crippen MR) is 213 cm³/mol. The van der Waals surface area contributed by atoms with E-state index in [-0.39, 0.29) is 17.3 Å². The van der Waals surface area contributed by atoms with E-state index in [1.54, 1.807) is 18.6 Å². The van der Waals surface area contributed by atoms with Crippen LogP contribution < -0.4 is 10.6 Å². The standard InChI is InChI=1S/C39H31FN8O5S3/c1-23-28(55-29-19-41-22-47(23)29)18-17-24-20-54-36-31(35(50)48(36)32(24)37(51)52)42-34(49)30(45-53-21-40)33-43-38(56-46-33)44-39(25-11-5-2-6-12-25,26-13-7-3-8-14-26)27-15-9-4-10-16-27/h2-19,22,31,36H,20-21H2,1H3,(H,42,49)(H,51,52)(H,43,44,46)/b18-17?,45-30-/t31-,36-/m1/s1. The number of benzene rings is 3. The zero-order valence-electron chi connectivity index (χ0n) is 29.4. The number of allylic oxidation sites excluding steroid dienone is 1. The molecule has 1 fully saturated rings. The molecule has 282 valence electrons. The van der Waals surface area contributed by atoms with Gasteiger partial charge in [0.15, 0.2) is 0 Å². The fraction of sp³-hybridized carbons (Fsp3) is 0.154. The summed E-state index contributed by atoms with van der Waals surface area (Å²) in [6.45, 7) is 0.609. The van der Waals surface area contributed by atoms with E-state index >= 15 is 0 Å². The third-order valence-corrected chi connectivity index (χ3v) is 12.5. The zero-order valence-corrected chi connectivity index (χ0v) is 31.9. The molecule has 0 bridgehead atoms. The molecule has 3 aromatic carbocycles. The van der Waals surface area contributed by atoms with Crippen molar-refractivity contribution in [3.05, 3.63) is 154 Å². The normalized spacial score (nSPS) is 17.2. The second-order valence-corrected chi connectivity index (χ2v) is 15.5. The van der Waals surface area contributed by atoms with Crippen molar-refractivity contribution in [2.75, 3.05) is 17.9 Å². The first-order valence-corrected chi connectivity index (χ1v) is 19.8. The lowest BCUT2D eigenvalue weighted by molar-refractivity contribution is -0.150. The van der Waals surface area contributed by atoms with E-state index in [0.717, 1.165) is 43.6 Å². The van der Waals surface area contributed by atoms with Gasteiger partial charge in [-0.25, -0.2) is 14.2 Å². The third-order valence-electron chi connectivity index (χ3n) is 9.43. The number of fused-ring (bicyclic) bond motifs is 2. The summed E-state index contributed by atoms with van der Waals surface area (Å²) in [5.41, 5.74) is 2.56. The highest BCUT2D eigenvalue weighted by atomic mass is 32.2. The Balaban J connectivity index is 1.05. The number of thiazole rings is 1. The molecular weight excluding hydrogens is 776 g/mol. The smallest absolute Gasteiger partial charge is 0.352 e. The highest BCUT2D eigenvalue weighted by Crippen LogP contribution is 2.42. The first-order chi connectivity index (χ1) is 27.3. The van der Waals surface area contributed by atoms with Crippen molar-refractivity contribution in [1.29, 1.82) is 0 Å². The first-order valence-electron chi connectivity index (χ1n) is 17.2. The summed E-state index contributed by atoms with van der Waals surface area (Å²) >= 11 is 3.78. The number of anilines is 1. The van der Waals surface area contributed by atoms with Crippen LogP contribution >= 0.6 is 34.6 Å². The summed E-state index contributed by atoms with van der Waals surface area (Å²) in [7, 11) is 0. The van der Waals surface area contributed by atoms with E-state index in [4.69, 9.17) is 0 Å². The van der Waals surface area contributed by atoms with Crippen LogP contribution in [-0.4, -0.2) is 76.3 Å². The molecule has 1 saturated heterocycles. The molecule has 2 amide bonds. The Morgan fingerprint density at radius 3 is 2.25 bits per heavy atom. The molecule has 8 rings (SSSR count). The fourth-order valence-electron chi connectivity index (χ4n) is 6.81. The molecule has 0 aliphatic carbocycles. The summed E-state index contributed by atoms with van der Waals surface area (Å²) in [5.74, 6) is -2.68. The van der Waals surface area contributed by atoms with Gasteiger partial charge in [-0.2, -0.15) is 9.36 Å². The van der Waals surface area contributed by atoms with Gasteiger partial charge in [0, 0.05) is 27.9 Å². The number of nitrogens with zero attached hydrogens (tertiary/aromatic N) is 6. The van der Waals surface area contributed by atoms with Gasteiger partial charge in [-0.05, 0) is 35.3 Å². The topological polar surface area (TPSA) is 163 Å². The van der Waals surface area contributed by atoms with E-state index in [0.29, 0.717) is 10.7 Å². The molecule has 6 aromatic rings. The van der Waals surface area contributed by atoms with Gasteiger partial charge >= 0.3 is 5.97 Å². The van der Waals surface area contributed by atoms with Crippen molar-refractivity contribution in [3.8, 4) is 0 Å². The van der Waals surface area contributed by atoms with Crippen LogP contribution in [0.1, 0.15) is 33.1 Å². The lowest BCUT2D eigenvalue weighted by atomic mass is 9.77. The number of imidazole rings is 1. The van der Waals surface area contributed by atoms with Crippen LogP contribution in [0.5, 0.6) is 0 Å². The SMILES string of the molecule is Cc1c(C=CC2=C(C(=O)O)N3C(=O)[C@@H](NC(=O)/C(=N\OCF)c4nsc(NC(c5ccccc5)(c5ccccc5)c5ccccc5)n4)[C@H]3SC2)sc2cncn12. The van der Waals surface area contributed by atoms with Gasteiger partial charge in [-0.3, -0.25) is 18.9 Å². The van der Waals surface area contributed by atoms with Gasteiger partial charge in [0.25, 0.3) is 18.7 Å². The number of rotatable bonds is 13. The molecule has 2 aliphatic heterocycles. The number of thioether (sulfide) groups is 1. The van der Waals surface area contributed by atoms with Crippen molar-refractivity contribution < 1.29 is 28.7 Å². The minimum Gasteiger partial charge on any atom is -0.477 e. The third kappa shape index (κ3) is 6.62. The van der Waals surface area contributed by atoms with Gasteiger partial charge in [0.1, 0.15) is 33.8 Å². The van der Waals surface area contributed by atoms with Crippen LogP contribution in [0.15, 0.2) is 126 Å². The number of halogens is 1. The number of alkyl halides is 1. The first kappa shape index (κ1) is 36.8. The van der Waals surface area contributed by atoms with Gasteiger partial charge in [0.2, 0.25) is 16.7 Å². The molecule has 0 spiro atoms. The van der Waals surface area contributed by atoms with Crippen molar-refractivity contribution in [2.45, 2.75) is 23.9 Å². The fourth-order valence-corrected chi connectivity index (χ4v) is 9.76. The number of aryl methyl sites for hydroxylation is 1. The van der Waals surface area contributed by atoms with Crippen molar-refractivity contribution in [3.63, 3.8) is 0 Å². The van der Waals surface area contributed by atoms with E-state index < -0.39 is 47.3 Å². The summed E-state index contributed by atoms with van der Waals surface area (Å²) in [6, 6.07) is 28.3. The molecule has 56 heavy (non-hydrogen) atoms.